The fourth-order valence-electron chi connectivity index (χ4n) is 9.62. The first kappa shape index (κ1) is 23.7. The summed E-state index contributed by atoms with van der Waals surface area (Å²) in [6, 6.07) is 8.34. The molecule has 0 amide bonds. The molecule has 0 spiro atoms. The maximum Gasteiger partial charge on any atom is 0.0792 e. The van der Waals surface area contributed by atoms with Crippen LogP contribution in [-0.4, -0.2) is 5.11 Å². The van der Waals surface area contributed by atoms with Crippen LogP contribution in [0.5, 0.6) is 0 Å². The number of rotatable bonds is 6. The van der Waals surface area contributed by atoms with Crippen LogP contribution in [0.3, 0.4) is 0 Å². The fourth-order valence-corrected chi connectivity index (χ4v) is 9.62. The minimum Gasteiger partial charge on any atom is -0.388 e. The van der Waals surface area contributed by atoms with Crippen molar-refractivity contribution < 1.29 is 5.11 Å². The second kappa shape index (κ2) is 9.18. The van der Waals surface area contributed by atoms with Gasteiger partial charge in [-0.3, -0.25) is 0 Å². The molecule has 1 nitrogen and oxygen atoms in total. The van der Waals surface area contributed by atoms with Crippen molar-refractivity contribution in [1.82, 2.24) is 0 Å². The van der Waals surface area contributed by atoms with Crippen molar-refractivity contribution >= 4 is 0 Å². The van der Waals surface area contributed by atoms with E-state index in [0.717, 1.165) is 48.0 Å². The Balaban J connectivity index is 1.22. The molecule has 8 atom stereocenters. The van der Waals surface area contributed by atoms with Crippen LogP contribution in [0.2, 0.25) is 0 Å². The van der Waals surface area contributed by atoms with E-state index in [0.29, 0.717) is 10.8 Å². The summed E-state index contributed by atoms with van der Waals surface area (Å²) in [6.07, 6.45) is 18.7. The molecule has 5 rings (SSSR count). The molecular formula is C32H48O. The summed E-state index contributed by atoms with van der Waals surface area (Å²) in [5.74, 6) is 4.49. The highest BCUT2D eigenvalue weighted by Crippen LogP contribution is 2.67. The van der Waals surface area contributed by atoms with Crippen molar-refractivity contribution in [2.45, 2.75) is 111 Å². The lowest BCUT2D eigenvalue weighted by molar-refractivity contribution is -0.0501. The van der Waals surface area contributed by atoms with Gasteiger partial charge in [0.05, 0.1) is 6.10 Å². The number of benzene rings is 1. The van der Waals surface area contributed by atoms with Gasteiger partial charge in [-0.25, -0.2) is 0 Å². The van der Waals surface area contributed by atoms with Gasteiger partial charge in [-0.15, -0.1) is 0 Å². The van der Waals surface area contributed by atoms with E-state index in [1.807, 2.05) is 5.57 Å². The number of hydrogen-bond donors (Lipinski definition) is 1. The van der Waals surface area contributed by atoms with Crippen molar-refractivity contribution in [1.29, 1.82) is 0 Å². The molecule has 4 aliphatic rings. The summed E-state index contributed by atoms with van der Waals surface area (Å²) in [7, 11) is 0. The smallest absolute Gasteiger partial charge is 0.0792 e. The molecule has 182 valence electrons. The molecule has 33 heavy (non-hydrogen) atoms. The minimum absolute atomic E-state index is 0.305. The molecule has 1 aromatic carbocycles. The Morgan fingerprint density at radius 3 is 2.64 bits per heavy atom. The van der Waals surface area contributed by atoms with Crippen molar-refractivity contribution in [2.75, 3.05) is 0 Å². The van der Waals surface area contributed by atoms with Gasteiger partial charge in [-0.05, 0) is 116 Å². The molecule has 0 bridgehead atoms. The van der Waals surface area contributed by atoms with Gasteiger partial charge in [0.15, 0.2) is 0 Å². The Kier molecular flexibility index (Phi) is 6.58. The van der Waals surface area contributed by atoms with Gasteiger partial charge in [0.1, 0.15) is 0 Å². The second-order valence-corrected chi connectivity index (χ2v) is 13.0. The Hall–Kier alpha value is -1.08. The van der Waals surface area contributed by atoms with E-state index in [1.165, 1.54) is 69.8 Å². The van der Waals surface area contributed by atoms with Gasteiger partial charge in [0.2, 0.25) is 0 Å². The van der Waals surface area contributed by atoms with Crippen molar-refractivity contribution in [3.05, 3.63) is 47.0 Å². The van der Waals surface area contributed by atoms with Crippen LogP contribution >= 0.6 is 0 Å². The maximum atomic E-state index is 10.8. The number of fused-ring (bicyclic) bond motifs is 5. The number of aryl methyl sites for hydroxylation is 1. The molecule has 3 saturated carbocycles. The Morgan fingerprint density at radius 2 is 1.82 bits per heavy atom. The van der Waals surface area contributed by atoms with Crippen LogP contribution in [0.4, 0.5) is 0 Å². The quantitative estimate of drug-likeness (QED) is 0.431. The predicted octanol–water partition coefficient (Wildman–Crippen LogP) is 8.80. The van der Waals surface area contributed by atoms with E-state index in [4.69, 9.17) is 0 Å². The number of aliphatic hydroxyl groups excluding tert-OH is 1. The fraction of sp³-hybridized carbons (Fsp3) is 0.750. The largest absolute Gasteiger partial charge is 0.388 e. The molecule has 1 heteroatoms. The van der Waals surface area contributed by atoms with E-state index in [1.54, 1.807) is 0 Å². The third-order valence-corrected chi connectivity index (χ3v) is 11.5. The topological polar surface area (TPSA) is 20.2 Å². The Bertz CT molecular complexity index is 869. The zero-order valence-electron chi connectivity index (χ0n) is 21.8. The Labute approximate surface area is 203 Å². The first-order valence-electron chi connectivity index (χ1n) is 14.3. The van der Waals surface area contributed by atoms with Crippen LogP contribution in [0, 0.1) is 47.3 Å². The second-order valence-electron chi connectivity index (χ2n) is 13.0. The molecule has 0 radical (unpaired) electrons. The van der Waals surface area contributed by atoms with Crippen molar-refractivity contribution in [3.63, 3.8) is 0 Å². The first-order chi connectivity index (χ1) is 15.8. The Morgan fingerprint density at radius 1 is 1.00 bits per heavy atom. The van der Waals surface area contributed by atoms with Gasteiger partial charge in [0.25, 0.3) is 0 Å². The summed E-state index contributed by atoms with van der Waals surface area (Å²) in [5, 5.41) is 10.8. The SMILES string of the molecule is Cc1ccccc1C(O)CCC[C@@H](C)[C@H]1CC[C@H]2[C@@H]3CC=C4CCCC[C@]4(C)[C@H]3CC[C@]12C. The van der Waals surface area contributed by atoms with Crippen LogP contribution in [0.1, 0.15) is 115 Å². The number of hydrogen-bond acceptors (Lipinski definition) is 1. The summed E-state index contributed by atoms with van der Waals surface area (Å²) in [5.41, 5.74) is 5.26. The monoisotopic (exact) mass is 448 g/mol. The number of aliphatic hydroxyl groups is 1. The average molecular weight is 449 g/mol. The molecule has 1 aromatic rings. The zero-order valence-corrected chi connectivity index (χ0v) is 21.8. The van der Waals surface area contributed by atoms with Crippen LogP contribution < -0.4 is 0 Å². The van der Waals surface area contributed by atoms with E-state index in [-0.39, 0.29) is 6.10 Å². The van der Waals surface area contributed by atoms with Crippen molar-refractivity contribution in [3.8, 4) is 0 Å². The maximum absolute atomic E-state index is 10.8. The van der Waals surface area contributed by atoms with Crippen LogP contribution in [0.25, 0.3) is 0 Å². The highest BCUT2D eigenvalue weighted by molar-refractivity contribution is 5.27. The van der Waals surface area contributed by atoms with Gasteiger partial charge in [-0.2, -0.15) is 0 Å². The minimum atomic E-state index is -0.305. The van der Waals surface area contributed by atoms with Gasteiger partial charge in [-0.1, -0.05) is 75.9 Å². The summed E-state index contributed by atoms with van der Waals surface area (Å²) in [6.45, 7) is 9.99. The lowest BCUT2D eigenvalue weighted by Crippen LogP contribution is -2.50. The molecule has 0 aromatic heterocycles. The zero-order chi connectivity index (χ0) is 23.2. The normalized spacial score (nSPS) is 39.7. The van der Waals surface area contributed by atoms with Crippen LogP contribution in [0.15, 0.2) is 35.9 Å². The van der Waals surface area contributed by atoms with Crippen LogP contribution in [-0.2, 0) is 0 Å². The number of allylic oxidation sites excluding steroid dienone is 2. The third-order valence-electron chi connectivity index (χ3n) is 11.5. The lowest BCUT2D eigenvalue weighted by atomic mass is 9.47. The molecular weight excluding hydrogens is 400 g/mol. The average Bonchev–Trinajstić information content (AvgIpc) is 3.16. The predicted molar refractivity (Wildman–Crippen MR) is 139 cm³/mol. The standard InChI is InChI=1S/C32H48O/c1-22-10-5-6-13-25(22)30(33)14-9-11-23(2)27-17-18-28-26-16-15-24-12-7-8-20-31(24,3)29(26)19-21-32(27,28)4/h5-6,10,13,15,23,26-30,33H,7-9,11-12,14,16-21H2,1-4H3/t23-,26+,27-,28+,29+,30?,31+,32-/m1/s1. The molecule has 0 heterocycles. The van der Waals surface area contributed by atoms with Gasteiger partial charge >= 0.3 is 0 Å². The van der Waals surface area contributed by atoms with E-state index in [9.17, 15) is 5.11 Å². The summed E-state index contributed by atoms with van der Waals surface area (Å²) >= 11 is 0. The van der Waals surface area contributed by atoms with E-state index >= 15 is 0 Å². The van der Waals surface area contributed by atoms with Crippen molar-refractivity contribution in [2.24, 2.45) is 40.4 Å². The first-order valence-corrected chi connectivity index (χ1v) is 14.3. The summed E-state index contributed by atoms with van der Waals surface area (Å²) < 4.78 is 0. The molecule has 1 N–H and O–H groups in total. The molecule has 3 fully saturated rings. The summed E-state index contributed by atoms with van der Waals surface area (Å²) in [4.78, 5) is 0. The van der Waals surface area contributed by atoms with E-state index in [2.05, 4.69) is 58.0 Å². The van der Waals surface area contributed by atoms with E-state index < -0.39 is 0 Å². The van der Waals surface area contributed by atoms with Gasteiger partial charge < -0.3 is 5.11 Å². The molecule has 4 aliphatic carbocycles. The molecule has 0 saturated heterocycles. The molecule has 1 unspecified atom stereocenters. The highest BCUT2D eigenvalue weighted by atomic mass is 16.3. The highest BCUT2D eigenvalue weighted by Gasteiger charge is 2.58. The lowest BCUT2D eigenvalue weighted by Gasteiger charge is -2.58. The molecule has 0 aliphatic heterocycles. The third kappa shape index (κ3) is 4.05. The van der Waals surface area contributed by atoms with Gasteiger partial charge in [0, 0.05) is 0 Å².